The van der Waals surface area contributed by atoms with Crippen molar-refractivity contribution in [1.82, 2.24) is 0 Å². The van der Waals surface area contributed by atoms with E-state index in [1.165, 1.54) is 0 Å². The summed E-state index contributed by atoms with van der Waals surface area (Å²) in [5.74, 6) is 0.573. The number of nitriles is 1. The fourth-order valence-corrected chi connectivity index (χ4v) is 2.01. The maximum Gasteiger partial charge on any atom is 0.104 e. The summed E-state index contributed by atoms with van der Waals surface area (Å²) in [5, 5.41) is 8.62. The van der Waals surface area contributed by atoms with Crippen LogP contribution < -0.4 is 0 Å². The van der Waals surface area contributed by atoms with Gasteiger partial charge < -0.3 is 0 Å². The van der Waals surface area contributed by atoms with Gasteiger partial charge in [-0.3, -0.25) is 0 Å². The van der Waals surface area contributed by atoms with Gasteiger partial charge in [-0.2, -0.15) is 5.26 Å². The van der Waals surface area contributed by atoms with Crippen molar-refractivity contribution in [1.29, 1.82) is 5.26 Å². The van der Waals surface area contributed by atoms with Gasteiger partial charge in [0.2, 0.25) is 0 Å². The molecule has 1 aliphatic rings. The Labute approximate surface area is 73.6 Å². The molecule has 0 heterocycles. The minimum atomic E-state index is -0.747. The Kier molecular flexibility index (Phi) is 3.08. The van der Waals surface area contributed by atoms with Gasteiger partial charge in [-0.1, -0.05) is 13.8 Å². The molecular weight excluding hydrogens is 153 g/mol. The second-order valence-electron chi connectivity index (χ2n) is 4.06. The Hall–Kier alpha value is -0.580. The predicted octanol–water partition coefficient (Wildman–Crippen LogP) is 2.92. The highest BCUT2D eigenvalue weighted by Crippen LogP contribution is 2.35. The monoisotopic (exact) mass is 169 g/mol. The summed E-state index contributed by atoms with van der Waals surface area (Å²) in [6.07, 6.45) is 1.49. The molecule has 0 aromatic heterocycles. The van der Waals surface area contributed by atoms with E-state index in [0.717, 1.165) is 12.8 Å². The first-order valence-corrected chi connectivity index (χ1v) is 4.68. The average molecular weight is 169 g/mol. The van der Waals surface area contributed by atoms with Gasteiger partial charge in [-0.15, -0.1) is 0 Å². The molecule has 0 saturated heterocycles. The van der Waals surface area contributed by atoms with Gasteiger partial charge >= 0.3 is 0 Å². The van der Waals surface area contributed by atoms with Gasteiger partial charge in [0.15, 0.2) is 0 Å². The van der Waals surface area contributed by atoms with Crippen molar-refractivity contribution in [2.75, 3.05) is 0 Å². The molecule has 0 aromatic carbocycles. The van der Waals surface area contributed by atoms with Gasteiger partial charge in [-0.25, -0.2) is 4.39 Å². The largest absolute Gasteiger partial charge is 0.247 e. The van der Waals surface area contributed by atoms with E-state index in [2.05, 4.69) is 19.9 Å². The van der Waals surface area contributed by atoms with Crippen molar-refractivity contribution < 1.29 is 4.39 Å². The van der Waals surface area contributed by atoms with E-state index in [4.69, 9.17) is 5.26 Å². The van der Waals surface area contributed by atoms with Crippen molar-refractivity contribution >= 4 is 0 Å². The first-order valence-electron chi connectivity index (χ1n) is 4.68. The number of halogens is 1. The summed E-state index contributed by atoms with van der Waals surface area (Å²) in [4.78, 5) is 0. The van der Waals surface area contributed by atoms with Crippen LogP contribution in [0.2, 0.25) is 0 Å². The van der Waals surface area contributed by atoms with Crippen LogP contribution in [0.4, 0.5) is 4.39 Å². The summed E-state index contributed by atoms with van der Waals surface area (Å²) in [6, 6.07) is 2.15. The van der Waals surface area contributed by atoms with Crippen molar-refractivity contribution in [3.63, 3.8) is 0 Å². The lowest BCUT2D eigenvalue weighted by Gasteiger charge is -2.31. The normalized spacial score (nSPS) is 36.4. The van der Waals surface area contributed by atoms with E-state index in [0.29, 0.717) is 12.3 Å². The number of rotatable bonds is 1. The van der Waals surface area contributed by atoms with Crippen molar-refractivity contribution in [3.8, 4) is 6.07 Å². The topological polar surface area (TPSA) is 23.8 Å². The van der Waals surface area contributed by atoms with Crippen molar-refractivity contribution in [2.24, 2.45) is 17.8 Å². The molecule has 2 heteroatoms. The Bertz CT molecular complexity index is 183. The van der Waals surface area contributed by atoms with Crippen LogP contribution in [-0.4, -0.2) is 6.17 Å². The summed E-state index contributed by atoms with van der Waals surface area (Å²) in [7, 11) is 0. The molecule has 1 fully saturated rings. The van der Waals surface area contributed by atoms with Crippen LogP contribution in [-0.2, 0) is 0 Å². The summed E-state index contributed by atoms with van der Waals surface area (Å²) in [6.45, 7) is 4.12. The number of alkyl halides is 1. The minimum absolute atomic E-state index is 0.0324. The molecule has 0 aliphatic heterocycles. The predicted molar refractivity (Wildman–Crippen MR) is 46.2 cm³/mol. The first-order chi connectivity index (χ1) is 5.65. The molecule has 0 amide bonds. The summed E-state index contributed by atoms with van der Waals surface area (Å²) >= 11 is 0. The third kappa shape index (κ3) is 1.97. The highest BCUT2D eigenvalue weighted by molar-refractivity contribution is 4.91. The van der Waals surface area contributed by atoms with E-state index in [1.54, 1.807) is 0 Å². The highest BCUT2D eigenvalue weighted by Gasteiger charge is 2.31. The van der Waals surface area contributed by atoms with Gasteiger partial charge in [0.1, 0.15) is 6.17 Å². The standard InChI is InChI=1S/C10H16FN/c1-7(2)9-4-3-8(6-12)5-10(9)11/h7-10H,3-5H2,1-2H3. The molecular formula is C10H16FN. The lowest BCUT2D eigenvalue weighted by molar-refractivity contribution is 0.109. The fourth-order valence-electron chi connectivity index (χ4n) is 2.01. The van der Waals surface area contributed by atoms with Crippen LogP contribution in [0, 0.1) is 29.1 Å². The SMILES string of the molecule is CC(C)C1CCC(C#N)CC1F. The molecule has 1 saturated carbocycles. The second kappa shape index (κ2) is 3.89. The van der Waals surface area contributed by atoms with E-state index >= 15 is 0 Å². The fraction of sp³-hybridized carbons (Fsp3) is 0.900. The zero-order valence-electron chi connectivity index (χ0n) is 7.76. The third-order valence-corrected chi connectivity index (χ3v) is 2.86. The third-order valence-electron chi connectivity index (χ3n) is 2.86. The molecule has 3 atom stereocenters. The summed E-state index contributed by atoms with van der Waals surface area (Å²) < 4.78 is 13.4. The molecule has 0 aromatic rings. The Morgan fingerprint density at radius 2 is 2.08 bits per heavy atom. The van der Waals surface area contributed by atoms with Gasteiger partial charge in [0, 0.05) is 5.92 Å². The molecule has 3 unspecified atom stereocenters. The van der Waals surface area contributed by atoms with Crippen molar-refractivity contribution in [2.45, 2.75) is 39.3 Å². The number of hydrogen-bond donors (Lipinski definition) is 0. The van der Waals surface area contributed by atoms with Gasteiger partial charge in [0.05, 0.1) is 6.07 Å². The minimum Gasteiger partial charge on any atom is -0.247 e. The second-order valence-corrected chi connectivity index (χ2v) is 4.06. The molecule has 1 nitrogen and oxygen atoms in total. The molecule has 68 valence electrons. The quantitative estimate of drug-likeness (QED) is 0.592. The maximum absolute atomic E-state index is 13.4. The van der Waals surface area contributed by atoms with Crippen molar-refractivity contribution in [3.05, 3.63) is 0 Å². The molecule has 0 spiro atoms. The lowest BCUT2D eigenvalue weighted by atomic mass is 9.76. The van der Waals surface area contributed by atoms with Crippen LogP contribution in [0.25, 0.3) is 0 Å². The van der Waals surface area contributed by atoms with Gasteiger partial charge in [0.25, 0.3) is 0 Å². The van der Waals surface area contributed by atoms with Crippen LogP contribution >= 0.6 is 0 Å². The maximum atomic E-state index is 13.4. The van der Waals surface area contributed by atoms with Crippen LogP contribution in [0.5, 0.6) is 0 Å². The van der Waals surface area contributed by atoms with E-state index < -0.39 is 6.17 Å². The van der Waals surface area contributed by atoms with Gasteiger partial charge in [-0.05, 0) is 31.1 Å². The first kappa shape index (κ1) is 9.51. The zero-order chi connectivity index (χ0) is 9.14. The van der Waals surface area contributed by atoms with E-state index in [9.17, 15) is 4.39 Å². The number of hydrogen-bond acceptors (Lipinski definition) is 1. The molecule has 1 aliphatic carbocycles. The van der Waals surface area contributed by atoms with E-state index in [-0.39, 0.29) is 11.8 Å². The van der Waals surface area contributed by atoms with Crippen LogP contribution in [0.3, 0.4) is 0 Å². The van der Waals surface area contributed by atoms with Crippen LogP contribution in [0.1, 0.15) is 33.1 Å². The Balaban J connectivity index is 2.49. The highest BCUT2D eigenvalue weighted by atomic mass is 19.1. The molecule has 0 radical (unpaired) electrons. The summed E-state index contributed by atoms with van der Waals surface area (Å²) in [5.41, 5.74) is 0. The Morgan fingerprint density at radius 3 is 2.50 bits per heavy atom. The number of nitrogens with zero attached hydrogens (tertiary/aromatic N) is 1. The smallest absolute Gasteiger partial charge is 0.104 e. The Morgan fingerprint density at radius 1 is 1.42 bits per heavy atom. The van der Waals surface area contributed by atoms with E-state index in [1.807, 2.05) is 0 Å². The van der Waals surface area contributed by atoms with Crippen LogP contribution in [0.15, 0.2) is 0 Å². The lowest BCUT2D eigenvalue weighted by Crippen LogP contribution is -2.29. The molecule has 1 rings (SSSR count). The molecule has 0 N–H and O–H groups in total. The molecule has 12 heavy (non-hydrogen) atoms. The molecule has 0 bridgehead atoms. The zero-order valence-corrected chi connectivity index (χ0v) is 7.76. The average Bonchev–Trinajstić information content (AvgIpc) is 2.03.